The Morgan fingerprint density at radius 1 is 1.03 bits per heavy atom. The molecular weight excluding hydrogens is 426 g/mol. The van der Waals surface area contributed by atoms with Gasteiger partial charge in [-0.1, -0.05) is 30.3 Å². The molecule has 2 amide bonds. The zero-order valence-electron chi connectivity index (χ0n) is 19.2. The Labute approximate surface area is 199 Å². The minimum absolute atomic E-state index is 0.150. The van der Waals surface area contributed by atoms with E-state index in [1.807, 2.05) is 9.80 Å². The number of rotatable bonds is 5. The van der Waals surface area contributed by atoms with Crippen molar-refractivity contribution in [3.05, 3.63) is 53.6 Å². The summed E-state index contributed by atoms with van der Waals surface area (Å²) in [4.78, 5) is 34.7. The van der Waals surface area contributed by atoms with Crippen LogP contribution in [0.2, 0.25) is 0 Å². The molecule has 3 heterocycles. The Morgan fingerprint density at radius 2 is 1.79 bits per heavy atom. The monoisotopic (exact) mass is 455 g/mol. The van der Waals surface area contributed by atoms with Gasteiger partial charge in [0, 0.05) is 37.7 Å². The van der Waals surface area contributed by atoms with Gasteiger partial charge >= 0.3 is 0 Å². The van der Waals surface area contributed by atoms with E-state index in [1.54, 1.807) is 0 Å². The fourth-order valence-corrected chi connectivity index (χ4v) is 5.61. The van der Waals surface area contributed by atoms with Crippen LogP contribution in [0.1, 0.15) is 43.2 Å². The van der Waals surface area contributed by atoms with Gasteiger partial charge in [-0.05, 0) is 66.8 Å². The molecule has 2 aromatic carbocycles. The SMILES string of the molecule is O=C(C1CC1)N1CC[C@@H](CN2C(=O)C3(CC3)N=C2c2ccc(-c3ccc4c(c3)CNN4)cc2)C1. The molecule has 174 valence electrons. The summed E-state index contributed by atoms with van der Waals surface area (Å²) in [5.41, 5.74) is 11.5. The number of fused-ring (bicyclic) bond motifs is 1. The van der Waals surface area contributed by atoms with Crippen LogP contribution in [0.4, 0.5) is 5.69 Å². The molecular formula is C27H29N5O2. The molecule has 5 aliphatic rings. The molecule has 1 spiro atoms. The molecule has 2 saturated carbocycles. The molecule has 7 rings (SSSR count). The number of nitrogens with zero attached hydrogens (tertiary/aromatic N) is 3. The fourth-order valence-electron chi connectivity index (χ4n) is 5.61. The van der Waals surface area contributed by atoms with E-state index in [2.05, 4.69) is 53.3 Å². The molecule has 0 unspecified atom stereocenters. The first-order valence-electron chi connectivity index (χ1n) is 12.5. The van der Waals surface area contributed by atoms with Crippen molar-refractivity contribution in [3.63, 3.8) is 0 Å². The van der Waals surface area contributed by atoms with Crippen LogP contribution in [0.5, 0.6) is 0 Å². The third-order valence-electron chi connectivity index (χ3n) is 7.99. The second kappa shape index (κ2) is 7.40. The number of hydrazine groups is 1. The average molecular weight is 456 g/mol. The highest BCUT2D eigenvalue weighted by atomic mass is 16.2. The van der Waals surface area contributed by atoms with E-state index in [0.717, 1.165) is 74.4 Å². The number of hydrogen-bond donors (Lipinski definition) is 2. The predicted octanol–water partition coefficient (Wildman–Crippen LogP) is 3.16. The summed E-state index contributed by atoms with van der Waals surface area (Å²) in [5.74, 6) is 1.85. The van der Waals surface area contributed by atoms with Crippen LogP contribution >= 0.6 is 0 Å². The number of nitrogens with one attached hydrogen (secondary N) is 2. The predicted molar refractivity (Wildman–Crippen MR) is 130 cm³/mol. The Balaban J connectivity index is 1.11. The third kappa shape index (κ3) is 3.33. The summed E-state index contributed by atoms with van der Waals surface area (Å²) in [6.07, 6.45) is 4.73. The number of hydrogen-bond acceptors (Lipinski definition) is 5. The highest BCUT2D eigenvalue weighted by Crippen LogP contribution is 2.46. The maximum absolute atomic E-state index is 13.3. The van der Waals surface area contributed by atoms with E-state index in [-0.39, 0.29) is 11.8 Å². The molecule has 2 aliphatic carbocycles. The summed E-state index contributed by atoms with van der Waals surface area (Å²) in [7, 11) is 0. The van der Waals surface area contributed by atoms with Gasteiger partial charge in [0.05, 0.1) is 5.69 Å². The first-order chi connectivity index (χ1) is 16.6. The standard InChI is InChI=1S/C27H29N5O2/c33-25(20-5-6-20)31-12-9-17(15-31)16-32-24(29-27(10-11-27)26(32)34)19-3-1-18(2-4-19)21-7-8-23-22(13-21)14-28-30-23/h1-4,7-8,13,17,20,28,30H,5-6,9-12,14-16H2/t17-/m1/s1. The molecule has 1 atom stereocenters. The van der Waals surface area contributed by atoms with Crippen LogP contribution in [-0.4, -0.2) is 52.6 Å². The van der Waals surface area contributed by atoms with Crippen LogP contribution in [-0.2, 0) is 16.1 Å². The lowest BCUT2D eigenvalue weighted by atomic mass is 10.0. The van der Waals surface area contributed by atoms with Crippen LogP contribution in [0.25, 0.3) is 11.1 Å². The highest BCUT2D eigenvalue weighted by Gasteiger charge is 2.57. The summed E-state index contributed by atoms with van der Waals surface area (Å²) < 4.78 is 0. The smallest absolute Gasteiger partial charge is 0.256 e. The second-order valence-corrected chi connectivity index (χ2v) is 10.5. The third-order valence-corrected chi connectivity index (χ3v) is 7.99. The lowest BCUT2D eigenvalue weighted by Gasteiger charge is -2.23. The number of amidine groups is 1. The lowest BCUT2D eigenvalue weighted by Crippen LogP contribution is -2.40. The average Bonchev–Trinajstić information content (AvgIpc) is 3.74. The van der Waals surface area contributed by atoms with E-state index in [1.165, 1.54) is 11.1 Å². The summed E-state index contributed by atoms with van der Waals surface area (Å²) >= 11 is 0. The minimum atomic E-state index is -0.518. The van der Waals surface area contributed by atoms with Gasteiger partial charge in [0.15, 0.2) is 0 Å². The molecule has 0 bridgehead atoms. The quantitative estimate of drug-likeness (QED) is 0.726. The topological polar surface area (TPSA) is 77.0 Å². The van der Waals surface area contributed by atoms with Crippen molar-refractivity contribution in [1.82, 2.24) is 15.2 Å². The molecule has 0 aromatic heterocycles. The van der Waals surface area contributed by atoms with E-state index in [9.17, 15) is 9.59 Å². The summed E-state index contributed by atoms with van der Waals surface area (Å²) in [5, 5.41) is 0. The first kappa shape index (κ1) is 20.2. The van der Waals surface area contributed by atoms with E-state index >= 15 is 0 Å². The fraction of sp³-hybridized carbons (Fsp3) is 0.444. The largest absolute Gasteiger partial charge is 0.342 e. The normalized spacial score (nSPS) is 24.4. The Morgan fingerprint density at radius 3 is 2.56 bits per heavy atom. The number of aliphatic imine (C=N–C) groups is 1. The van der Waals surface area contributed by atoms with E-state index < -0.39 is 5.54 Å². The Kier molecular flexibility index (Phi) is 4.40. The molecule has 2 aromatic rings. The number of carbonyl (C=O) groups is 2. The summed E-state index contributed by atoms with van der Waals surface area (Å²) in [6.45, 7) is 3.06. The van der Waals surface area contributed by atoms with Crippen molar-refractivity contribution in [3.8, 4) is 11.1 Å². The van der Waals surface area contributed by atoms with Crippen molar-refractivity contribution in [1.29, 1.82) is 0 Å². The highest BCUT2D eigenvalue weighted by molar-refractivity contribution is 6.16. The van der Waals surface area contributed by atoms with Gasteiger partial charge in [-0.15, -0.1) is 0 Å². The molecule has 34 heavy (non-hydrogen) atoms. The van der Waals surface area contributed by atoms with Crippen LogP contribution in [0.3, 0.4) is 0 Å². The van der Waals surface area contributed by atoms with Gasteiger partial charge in [0.2, 0.25) is 5.91 Å². The van der Waals surface area contributed by atoms with Gasteiger partial charge < -0.3 is 10.3 Å². The van der Waals surface area contributed by atoms with E-state index in [4.69, 9.17) is 4.99 Å². The Hall–Kier alpha value is -3.19. The molecule has 3 aliphatic heterocycles. The van der Waals surface area contributed by atoms with Crippen molar-refractivity contribution in [2.45, 2.75) is 44.2 Å². The molecule has 7 nitrogen and oxygen atoms in total. The van der Waals surface area contributed by atoms with E-state index in [0.29, 0.717) is 18.4 Å². The molecule has 7 heteroatoms. The lowest BCUT2D eigenvalue weighted by molar-refractivity contribution is -0.131. The maximum Gasteiger partial charge on any atom is 0.256 e. The zero-order valence-corrected chi connectivity index (χ0v) is 19.2. The number of amides is 2. The first-order valence-corrected chi connectivity index (χ1v) is 12.5. The van der Waals surface area contributed by atoms with Gasteiger partial charge in [-0.3, -0.25) is 19.5 Å². The van der Waals surface area contributed by atoms with Crippen molar-refractivity contribution < 1.29 is 9.59 Å². The number of benzene rings is 2. The zero-order chi connectivity index (χ0) is 22.9. The molecule has 1 saturated heterocycles. The Bertz CT molecular complexity index is 1210. The van der Waals surface area contributed by atoms with Crippen LogP contribution in [0, 0.1) is 11.8 Å². The van der Waals surface area contributed by atoms with Crippen molar-refractivity contribution in [2.75, 3.05) is 25.1 Å². The van der Waals surface area contributed by atoms with Gasteiger partial charge in [-0.2, -0.15) is 0 Å². The molecule has 2 N–H and O–H groups in total. The van der Waals surface area contributed by atoms with Gasteiger partial charge in [0.1, 0.15) is 11.4 Å². The maximum atomic E-state index is 13.3. The minimum Gasteiger partial charge on any atom is -0.342 e. The van der Waals surface area contributed by atoms with Gasteiger partial charge in [0.25, 0.3) is 5.91 Å². The number of likely N-dealkylation sites (tertiary alicyclic amines) is 1. The van der Waals surface area contributed by atoms with Crippen LogP contribution < -0.4 is 10.9 Å². The molecule has 3 fully saturated rings. The van der Waals surface area contributed by atoms with Crippen LogP contribution in [0.15, 0.2) is 47.5 Å². The van der Waals surface area contributed by atoms with Crippen molar-refractivity contribution >= 4 is 23.3 Å². The summed E-state index contributed by atoms with van der Waals surface area (Å²) in [6, 6.07) is 14.9. The second-order valence-electron chi connectivity index (χ2n) is 10.5. The number of anilines is 1. The van der Waals surface area contributed by atoms with Crippen molar-refractivity contribution in [2.24, 2.45) is 16.8 Å². The van der Waals surface area contributed by atoms with Gasteiger partial charge in [-0.25, -0.2) is 5.43 Å². The molecule has 0 radical (unpaired) electrons. The number of carbonyl (C=O) groups excluding carboxylic acids is 2.